The Morgan fingerprint density at radius 2 is 2.00 bits per heavy atom. The number of nitrogens with zero attached hydrogens (tertiary/aromatic N) is 1. The van der Waals surface area contributed by atoms with Crippen LogP contribution in [-0.4, -0.2) is 41.2 Å². The molecule has 1 aliphatic heterocycles. The number of alkyl halides is 2. The lowest BCUT2D eigenvalue weighted by Gasteiger charge is -2.44. The normalized spacial score (nSPS) is 39.9. The van der Waals surface area contributed by atoms with E-state index < -0.39 is 5.92 Å². The van der Waals surface area contributed by atoms with Gasteiger partial charge in [-0.25, -0.2) is 8.78 Å². The third-order valence-electron chi connectivity index (χ3n) is 3.03. The highest BCUT2D eigenvalue weighted by Crippen LogP contribution is 2.33. The zero-order valence-electron chi connectivity index (χ0n) is 7.55. The summed E-state index contributed by atoms with van der Waals surface area (Å²) in [7, 11) is 0. The summed E-state index contributed by atoms with van der Waals surface area (Å²) in [5.41, 5.74) is 0. The Labute approximate surface area is 76.5 Å². The Kier molecular flexibility index (Phi) is 2.28. The molecule has 76 valence electrons. The molecular weight excluding hydrogens is 176 g/mol. The lowest BCUT2D eigenvalue weighted by Crippen LogP contribution is -2.53. The Morgan fingerprint density at radius 1 is 1.31 bits per heavy atom. The van der Waals surface area contributed by atoms with Crippen molar-refractivity contribution in [2.75, 3.05) is 13.1 Å². The van der Waals surface area contributed by atoms with Crippen molar-refractivity contribution in [1.82, 2.24) is 4.90 Å². The second-order valence-electron chi connectivity index (χ2n) is 4.21. The number of rotatable bonds is 1. The van der Waals surface area contributed by atoms with Crippen molar-refractivity contribution in [1.29, 1.82) is 0 Å². The van der Waals surface area contributed by atoms with Crippen molar-refractivity contribution in [2.24, 2.45) is 0 Å². The molecule has 0 amide bonds. The van der Waals surface area contributed by atoms with E-state index in [-0.39, 0.29) is 25.1 Å². The molecule has 0 aromatic heterocycles. The fraction of sp³-hybridized carbons (Fsp3) is 1.00. The maximum absolute atomic E-state index is 13.0. The van der Waals surface area contributed by atoms with Crippen molar-refractivity contribution < 1.29 is 13.9 Å². The second kappa shape index (κ2) is 3.17. The van der Waals surface area contributed by atoms with E-state index in [1.807, 2.05) is 4.90 Å². The molecule has 1 saturated heterocycles. The van der Waals surface area contributed by atoms with Gasteiger partial charge in [-0.05, 0) is 25.8 Å². The highest BCUT2D eigenvalue weighted by Gasteiger charge is 2.41. The number of aliphatic hydroxyl groups is 1. The molecule has 1 N–H and O–H groups in total. The first-order chi connectivity index (χ1) is 6.07. The molecule has 0 unspecified atom stereocenters. The number of aliphatic hydroxyl groups excluding tert-OH is 1. The minimum Gasteiger partial charge on any atom is -0.393 e. The molecule has 1 heterocycles. The summed E-state index contributed by atoms with van der Waals surface area (Å²) in [6.45, 7) is 0.664. The second-order valence-corrected chi connectivity index (χ2v) is 4.21. The molecule has 0 radical (unpaired) electrons. The third-order valence-corrected chi connectivity index (χ3v) is 3.03. The molecule has 0 spiro atoms. The van der Waals surface area contributed by atoms with Gasteiger partial charge in [-0.15, -0.1) is 0 Å². The van der Waals surface area contributed by atoms with Gasteiger partial charge in [0.1, 0.15) is 0 Å². The fourth-order valence-electron chi connectivity index (χ4n) is 2.16. The summed E-state index contributed by atoms with van der Waals surface area (Å²) in [4.78, 5) is 1.83. The van der Waals surface area contributed by atoms with Gasteiger partial charge in [-0.1, -0.05) is 0 Å². The van der Waals surface area contributed by atoms with E-state index in [1.54, 1.807) is 0 Å². The van der Waals surface area contributed by atoms with Crippen LogP contribution in [0.25, 0.3) is 0 Å². The zero-order chi connectivity index (χ0) is 9.47. The molecule has 0 bridgehead atoms. The highest BCUT2D eigenvalue weighted by molar-refractivity contribution is 4.91. The zero-order valence-corrected chi connectivity index (χ0v) is 7.55. The van der Waals surface area contributed by atoms with Crippen LogP contribution in [0.15, 0.2) is 0 Å². The smallest absolute Gasteiger partial charge is 0.260 e. The van der Waals surface area contributed by atoms with Crippen LogP contribution in [0, 0.1) is 0 Å². The monoisotopic (exact) mass is 191 g/mol. The van der Waals surface area contributed by atoms with E-state index >= 15 is 0 Å². The lowest BCUT2D eigenvalue weighted by molar-refractivity contribution is -0.0996. The number of hydrogen-bond acceptors (Lipinski definition) is 2. The van der Waals surface area contributed by atoms with Crippen LogP contribution >= 0.6 is 0 Å². The summed E-state index contributed by atoms with van der Waals surface area (Å²) >= 11 is 0. The summed E-state index contributed by atoms with van der Waals surface area (Å²) < 4.78 is 25.9. The molecule has 0 aromatic rings. The lowest BCUT2D eigenvalue weighted by atomic mass is 9.86. The fourth-order valence-corrected chi connectivity index (χ4v) is 2.16. The number of hydrogen-bond donors (Lipinski definition) is 1. The van der Waals surface area contributed by atoms with Crippen LogP contribution in [0.4, 0.5) is 8.78 Å². The molecule has 2 rings (SSSR count). The first kappa shape index (κ1) is 9.34. The third kappa shape index (κ3) is 1.99. The average Bonchev–Trinajstić information content (AvgIpc) is 1.97. The molecule has 2 nitrogen and oxygen atoms in total. The number of halogens is 2. The van der Waals surface area contributed by atoms with Crippen LogP contribution in [-0.2, 0) is 0 Å². The van der Waals surface area contributed by atoms with Crippen molar-refractivity contribution in [3.63, 3.8) is 0 Å². The number of piperidine rings is 1. The van der Waals surface area contributed by atoms with Crippen LogP contribution in [0.1, 0.15) is 25.7 Å². The van der Waals surface area contributed by atoms with Crippen LogP contribution in [0.5, 0.6) is 0 Å². The maximum atomic E-state index is 13.0. The van der Waals surface area contributed by atoms with Crippen molar-refractivity contribution in [3.05, 3.63) is 0 Å². The van der Waals surface area contributed by atoms with Crippen LogP contribution < -0.4 is 0 Å². The van der Waals surface area contributed by atoms with E-state index in [0.29, 0.717) is 19.3 Å². The molecule has 2 fully saturated rings. The van der Waals surface area contributed by atoms with Gasteiger partial charge in [0, 0.05) is 12.5 Å². The predicted molar refractivity (Wildman–Crippen MR) is 44.8 cm³/mol. The molecule has 4 heteroatoms. The molecule has 0 atom stereocenters. The summed E-state index contributed by atoms with van der Waals surface area (Å²) in [6.07, 6.45) is 1.71. The molecule has 2 aliphatic rings. The SMILES string of the molecule is OC1CC(N2CCCC(F)(F)C2)C1. The largest absolute Gasteiger partial charge is 0.393 e. The average molecular weight is 191 g/mol. The summed E-state index contributed by atoms with van der Waals surface area (Å²) in [5.74, 6) is -2.50. The topological polar surface area (TPSA) is 23.5 Å². The van der Waals surface area contributed by atoms with Crippen molar-refractivity contribution in [3.8, 4) is 0 Å². The number of likely N-dealkylation sites (tertiary alicyclic amines) is 1. The Morgan fingerprint density at radius 3 is 2.54 bits per heavy atom. The molecule has 13 heavy (non-hydrogen) atoms. The van der Waals surface area contributed by atoms with Gasteiger partial charge in [0.2, 0.25) is 0 Å². The molecular formula is C9H15F2NO. The van der Waals surface area contributed by atoms with E-state index in [2.05, 4.69) is 0 Å². The van der Waals surface area contributed by atoms with Crippen molar-refractivity contribution >= 4 is 0 Å². The van der Waals surface area contributed by atoms with Gasteiger partial charge in [0.25, 0.3) is 5.92 Å². The summed E-state index contributed by atoms with van der Waals surface area (Å²) in [6, 6.07) is 0.209. The molecule has 1 saturated carbocycles. The van der Waals surface area contributed by atoms with Gasteiger partial charge >= 0.3 is 0 Å². The maximum Gasteiger partial charge on any atom is 0.260 e. The van der Waals surface area contributed by atoms with Crippen LogP contribution in [0.2, 0.25) is 0 Å². The standard InChI is InChI=1S/C9H15F2NO/c10-9(11)2-1-3-12(6-9)7-4-8(13)5-7/h7-8,13H,1-6H2. The first-order valence-corrected chi connectivity index (χ1v) is 4.87. The Balaban J connectivity index is 1.86. The first-order valence-electron chi connectivity index (χ1n) is 4.87. The molecule has 1 aliphatic carbocycles. The quantitative estimate of drug-likeness (QED) is 0.674. The van der Waals surface area contributed by atoms with E-state index in [9.17, 15) is 8.78 Å². The Hall–Kier alpha value is -0.220. The van der Waals surface area contributed by atoms with Gasteiger partial charge in [0.05, 0.1) is 12.6 Å². The van der Waals surface area contributed by atoms with Gasteiger partial charge < -0.3 is 5.11 Å². The van der Waals surface area contributed by atoms with E-state index in [1.165, 1.54) is 0 Å². The minimum absolute atomic E-state index is 0.0266. The predicted octanol–water partition coefficient (Wildman–Crippen LogP) is 1.24. The van der Waals surface area contributed by atoms with E-state index in [0.717, 1.165) is 6.54 Å². The van der Waals surface area contributed by atoms with Gasteiger partial charge in [-0.2, -0.15) is 0 Å². The minimum atomic E-state index is -2.50. The van der Waals surface area contributed by atoms with E-state index in [4.69, 9.17) is 5.11 Å². The van der Waals surface area contributed by atoms with Gasteiger partial charge in [-0.3, -0.25) is 4.90 Å². The Bertz CT molecular complexity index is 192. The highest BCUT2D eigenvalue weighted by atomic mass is 19.3. The van der Waals surface area contributed by atoms with Crippen LogP contribution in [0.3, 0.4) is 0 Å². The summed E-state index contributed by atoms with van der Waals surface area (Å²) in [5, 5.41) is 9.06. The molecule has 0 aromatic carbocycles. The van der Waals surface area contributed by atoms with Crippen molar-refractivity contribution in [2.45, 2.75) is 43.8 Å². The van der Waals surface area contributed by atoms with Gasteiger partial charge in [0.15, 0.2) is 0 Å².